The molecular weight excluding hydrogens is 304 g/mol. The van der Waals surface area contributed by atoms with Crippen molar-refractivity contribution in [1.82, 2.24) is 0 Å². The predicted molar refractivity (Wildman–Crippen MR) is 94.4 cm³/mol. The van der Waals surface area contributed by atoms with Crippen molar-refractivity contribution >= 4 is 11.5 Å². The summed E-state index contributed by atoms with van der Waals surface area (Å²) in [5.41, 5.74) is 3.71. The van der Waals surface area contributed by atoms with Gasteiger partial charge < -0.3 is 14.2 Å². The number of hydrogen-bond donors (Lipinski definition) is 0. The fourth-order valence-corrected chi connectivity index (χ4v) is 2.37. The van der Waals surface area contributed by atoms with Crippen LogP contribution < -0.4 is 9.47 Å². The number of ether oxygens (including phenoxy) is 3. The molecule has 0 atom stereocenters. The monoisotopic (exact) mass is 326 g/mol. The Hall–Kier alpha value is -2.75. The first-order valence-corrected chi connectivity index (χ1v) is 7.77. The lowest BCUT2D eigenvalue weighted by Gasteiger charge is -2.13. The Labute approximate surface area is 142 Å². The molecule has 2 aromatic rings. The molecule has 0 N–H and O–H groups in total. The summed E-state index contributed by atoms with van der Waals surface area (Å²) in [5, 5.41) is 0. The van der Waals surface area contributed by atoms with Crippen molar-refractivity contribution < 1.29 is 19.0 Å². The Morgan fingerprint density at radius 2 is 1.58 bits per heavy atom. The van der Waals surface area contributed by atoms with E-state index in [1.165, 1.54) is 6.08 Å². The van der Waals surface area contributed by atoms with E-state index in [0.717, 1.165) is 22.3 Å². The van der Waals surface area contributed by atoms with Gasteiger partial charge in [-0.1, -0.05) is 35.9 Å². The van der Waals surface area contributed by atoms with Crippen molar-refractivity contribution in [1.29, 1.82) is 0 Å². The van der Waals surface area contributed by atoms with E-state index >= 15 is 0 Å². The van der Waals surface area contributed by atoms with Gasteiger partial charge >= 0.3 is 5.97 Å². The molecule has 0 radical (unpaired) electrons. The molecule has 2 aromatic carbocycles. The van der Waals surface area contributed by atoms with Gasteiger partial charge in [-0.15, -0.1) is 0 Å². The van der Waals surface area contributed by atoms with Crippen molar-refractivity contribution in [2.45, 2.75) is 13.8 Å². The molecule has 0 aliphatic heterocycles. The highest BCUT2D eigenvalue weighted by molar-refractivity contribution is 5.96. The molecule has 0 fully saturated rings. The lowest BCUT2D eigenvalue weighted by molar-refractivity contribution is -0.137. The summed E-state index contributed by atoms with van der Waals surface area (Å²) < 4.78 is 15.7. The summed E-state index contributed by atoms with van der Waals surface area (Å²) >= 11 is 0. The van der Waals surface area contributed by atoms with E-state index in [0.29, 0.717) is 18.1 Å². The molecule has 0 amide bonds. The molecule has 0 saturated heterocycles. The molecule has 0 heterocycles. The van der Waals surface area contributed by atoms with Gasteiger partial charge in [0, 0.05) is 6.08 Å². The number of aryl methyl sites for hydroxylation is 1. The Morgan fingerprint density at radius 3 is 2.17 bits per heavy atom. The van der Waals surface area contributed by atoms with Gasteiger partial charge in [0.05, 0.1) is 20.8 Å². The third-order valence-electron chi connectivity index (χ3n) is 3.61. The zero-order valence-corrected chi connectivity index (χ0v) is 14.5. The van der Waals surface area contributed by atoms with E-state index in [9.17, 15) is 4.79 Å². The summed E-state index contributed by atoms with van der Waals surface area (Å²) in [5.74, 6) is 0.875. The van der Waals surface area contributed by atoms with Gasteiger partial charge in [-0.05, 0) is 42.7 Å². The summed E-state index contributed by atoms with van der Waals surface area (Å²) in [6, 6.07) is 13.6. The van der Waals surface area contributed by atoms with Gasteiger partial charge in [0.15, 0.2) is 11.5 Å². The molecule has 4 heteroatoms. The fourth-order valence-electron chi connectivity index (χ4n) is 2.37. The van der Waals surface area contributed by atoms with E-state index in [2.05, 4.69) is 0 Å². The Balaban J connectivity index is 2.53. The molecule has 0 aliphatic carbocycles. The van der Waals surface area contributed by atoms with Crippen LogP contribution in [0.1, 0.15) is 23.6 Å². The molecular formula is C20H22O4. The zero-order chi connectivity index (χ0) is 17.5. The highest BCUT2D eigenvalue weighted by Crippen LogP contribution is 2.33. The van der Waals surface area contributed by atoms with E-state index in [-0.39, 0.29) is 5.97 Å². The molecule has 0 spiro atoms. The first-order valence-electron chi connectivity index (χ1n) is 7.77. The predicted octanol–water partition coefficient (Wildman–Crippen LogP) is 4.01. The van der Waals surface area contributed by atoms with Crippen LogP contribution in [-0.2, 0) is 9.53 Å². The molecule has 4 nitrogen and oxygen atoms in total. The van der Waals surface area contributed by atoms with Crippen LogP contribution in [0.3, 0.4) is 0 Å². The highest BCUT2D eigenvalue weighted by Gasteiger charge is 2.12. The molecule has 2 rings (SSSR count). The molecule has 126 valence electrons. The number of rotatable bonds is 6. The second-order valence-corrected chi connectivity index (χ2v) is 5.25. The van der Waals surface area contributed by atoms with Gasteiger partial charge in [-0.2, -0.15) is 0 Å². The van der Waals surface area contributed by atoms with E-state index < -0.39 is 0 Å². The van der Waals surface area contributed by atoms with Crippen molar-refractivity contribution in [2.75, 3.05) is 20.8 Å². The minimum Gasteiger partial charge on any atom is -0.493 e. The van der Waals surface area contributed by atoms with Crippen LogP contribution in [0.15, 0.2) is 48.5 Å². The molecule has 0 bridgehead atoms. The van der Waals surface area contributed by atoms with E-state index in [1.807, 2.05) is 49.4 Å². The largest absolute Gasteiger partial charge is 0.493 e. The number of hydrogen-bond acceptors (Lipinski definition) is 4. The van der Waals surface area contributed by atoms with Crippen molar-refractivity contribution in [3.63, 3.8) is 0 Å². The maximum absolute atomic E-state index is 12.0. The second-order valence-electron chi connectivity index (χ2n) is 5.25. The lowest BCUT2D eigenvalue weighted by atomic mass is 9.96. The van der Waals surface area contributed by atoms with Gasteiger partial charge in [-0.3, -0.25) is 0 Å². The minimum atomic E-state index is -0.372. The quantitative estimate of drug-likeness (QED) is 0.594. The highest BCUT2D eigenvalue weighted by atomic mass is 16.5. The normalized spacial score (nSPS) is 11.1. The smallest absolute Gasteiger partial charge is 0.331 e. The number of esters is 1. The average molecular weight is 326 g/mol. The van der Waals surface area contributed by atoms with Crippen LogP contribution >= 0.6 is 0 Å². The Morgan fingerprint density at radius 1 is 0.958 bits per heavy atom. The Kier molecular flexibility index (Phi) is 6.01. The van der Waals surface area contributed by atoms with Gasteiger partial charge in [0.25, 0.3) is 0 Å². The van der Waals surface area contributed by atoms with Gasteiger partial charge in [0.2, 0.25) is 0 Å². The first-order chi connectivity index (χ1) is 11.6. The third kappa shape index (κ3) is 4.16. The SMILES string of the molecule is CCOC(=O)/C=C(/c1ccc(C)cc1)c1ccc(OC)c(OC)c1. The van der Waals surface area contributed by atoms with Crippen molar-refractivity contribution in [2.24, 2.45) is 0 Å². The van der Waals surface area contributed by atoms with Crippen LogP contribution in [0.4, 0.5) is 0 Å². The number of carbonyl (C=O) groups is 1. The van der Waals surface area contributed by atoms with Gasteiger partial charge in [-0.25, -0.2) is 4.79 Å². The van der Waals surface area contributed by atoms with E-state index in [4.69, 9.17) is 14.2 Å². The Bertz CT molecular complexity index is 730. The van der Waals surface area contributed by atoms with Crippen LogP contribution in [0.2, 0.25) is 0 Å². The van der Waals surface area contributed by atoms with Crippen LogP contribution in [0.5, 0.6) is 11.5 Å². The number of methoxy groups -OCH3 is 2. The van der Waals surface area contributed by atoms with Gasteiger partial charge in [0.1, 0.15) is 0 Å². The van der Waals surface area contributed by atoms with Crippen LogP contribution in [-0.4, -0.2) is 26.8 Å². The topological polar surface area (TPSA) is 44.8 Å². The molecule has 24 heavy (non-hydrogen) atoms. The van der Waals surface area contributed by atoms with Crippen LogP contribution in [0.25, 0.3) is 5.57 Å². The molecule has 0 aliphatic rings. The maximum atomic E-state index is 12.0. The van der Waals surface area contributed by atoms with E-state index in [1.54, 1.807) is 21.1 Å². The maximum Gasteiger partial charge on any atom is 0.331 e. The van der Waals surface area contributed by atoms with Crippen molar-refractivity contribution in [3.05, 3.63) is 65.2 Å². The number of benzene rings is 2. The standard InChI is InChI=1S/C20H22O4/c1-5-24-20(21)13-17(15-8-6-14(2)7-9-15)16-10-11-18(22-3)19(12-16)23-4/h6-13H,5H2,1-4H3/b17-13-. The molecule has 0 saturated carbocycles. The first kappa shape index (κ1) is 17.6. The second kappa shape index (κ2) is 8.20. The lowest BCUT2D eigenvalue weighted by Crippen LogP contribution is -2.02. The summed E-state index contributed by atoms with van der Waals surface area (Å²) in [7, 11) is 3.18. The summed E-state index contributed by atoms with van der Waals surface area (Å²) in [6.07, 6.45) is 1.51. The van der Waals surface area contributed by atoms with Crippen molar-refractivity contribution in [3.8, 4) is 11.5 Å². The average Bonchev–Trinajstić information content (AvgIpc) is 2.60. The summed E-state index contributed by atoms with van der Waals surface area (Å²) in [4.78, 5) is 12.0. The number of carbonyl (C=O) groups excluding carboxylic acids is 1. The third-order valence-corrected chi connectivity index (χ3v) is 3.61. The molecule has 0 unspecified atom stereocenters. The minimum absolute atomic E-state index is 0.336. The fraction of sp³-hybridized carbons (Fsp3) is 0.250. The zero-order valence-electron chi connectivity index (χ0n) is 14.5. The summed E-state index contributed by atoms with van der Waals surface area (Å²) in [6.45, 7) is 4.14. The van der Waals surface area contributed by atoms with Crippen LogP contribution in [0, 0.1) is 6.92 Å². The molecule has 0 aromatic heterocycles.